The quantitative estimate of drug-likeness (QED) is 0.881. The smallest absolute Gasteiger partial charge is 0.283 e. The number of hydrogen-bond acceptors (Lipinski definition) is 4. The molecular formula is C15H25BrN4O. The molecule has 0 aliphatic carbocycles. The van der Waals surface area contributed by atoms with Gasteiger partial charge >= 0.3 is 0 Å². The Bertz CT molecular complexity index is 521. The average molecular weight is 357 g/mol. The molecule has 6 heteroatoms. The van der Waals surface area contributed by atoms with Crippen LogP contribution in [0.2, 0.25) is 0 Å². The molecule has 1 fully saturated rings. The number of halogens is 1. The highest BCUT2D eigenvalue weighted by molar-refractivity contribution is 9.10. The molecule has 21 heavy (non-hydrogen) atoms. The van der Waals surface area contributed by atoms with Gasteiger partial charge in [-0.1, -0.05) is 6.92 Å². The number of rotatable bonds is 5. The van der Waals surface area contributed by atoms with Crippen molar-refractivity contribution >= 4 is 21.6 Å². The van der Waals surface area contributed by atoms with Crippen LogP contribution in [0.15, 0.2) is 15.5 Å². The van der Waals surface area contributed by atoms with Crippen LogP contribution < -0.4 is 10.9 Å². The zero-order valence-corrected chi connectivity index (χ0v) is 14.7. The topological polar surface area (TPSA) is 50.2 Å². The molecular weight excluding hydrogens is 332 g/mol. The van der Waals surface area contributed by atoms with Crippen molar-refractivity contribution in [1.29, 1.82) is 0 Å². The van der Waals surface area contributed by atoms with Gasteiger partial charge in [-0.2, -0.15) is 5.10 Å². The van der Waals surface area contributed by atoms with Crippen molar-refractivity contribution in [3.8, 4) is 0 Å². The molecule has 0 spiro atoms. The molecule has 2 heterocycles. The van der Waals surface area contributed by atoms with Crippen molar-refractivity contribution in [2.75, 3.05) is 31.5 Å². The molecule has 0 saturated carbocycles. The van der Waals surface area contributed by atoms with Gasteiger partial charge in [0.25, 0.3) is 5.56 Å². The van der Waals surface area contributed by atoms with Gasteiger partial charge in [0.05, 0.1) is 17.9 Å². The molecule has 0 bridgehead atoms. The summed E-state index contributed by atoms with van der Waals surface area (Å²) in [5.74, 6) is 0.858. The fraction of sp³-hybridized carbons (Fsp3) is 0.733. The van der Waals surface area contributed by atoms with E-state index < -0.39 is 0 Å². The van der Waals surface area contributed by atoms with Crippen LogP contribution in [0.1, 0.15) is 39.7 Å². The largest absolute Gasteiger partial charge is 0.381 e. The van der Waals surface area contributed by atoms with E-state index in [4.69, 9.17) is 0 Å². The van der Waals surface area contributed by atoms with E-state index in [0.717, 1.165) is 24.7 Å². The van der Waals surface area contributed by atoms with E-state index in [1.807, 2.05) is 13.8 Å². The van der Waals surface area contributed by atoms with E-state index in [9.17, 15) is 4.79 Å². The number of anilines is 1. The summed E-state index contributed by atoms with van der Waals surface area (Å²) >= 11 is 3.38. The minimum atomic E-state index is -0.0817. The SMILES string of the molecule is CC1CCN(CCNc2cnn(C(C)C)c(=O)c2Br)CC1. The summed E-state index contributed by atoms with van der Waals surface area (Å²) < 4.78 is 2.06. The second-order valence-electron chi connectivity index (χ2n) is 6.17. The zero-order valence-electron chi connectivity index (χ0n) is 13.1. The molecule has 1 saturated heterocycles. The van der Waals surface area contributed by atoms with Gasteiger partial charge in [0.1, 0.15) is 4.47 Å². The second kappa shape index (κ2) is 7.40. The van der Waals surface area contributed by atoms with Crippen LogP contribution in [-0.2, 0) is 0 Å². The molecule has 5 nitrogen and oxygen atoms in total. The van der Waals surface area contributed by atoms with Gasteiger partial charge in [-0.3, -0.25) is 4.79 Å². The minimum absolute atomic E-state index is 0.0678. The first-order chi connectivity index (χ1) is 9.99. The molecule has 0 atom stereocenters. The van der Waals surface area contributed by atoms with Crippen LogP contribution in [0.4, 0.5) is 5.69 Å². The number of nitrogens with zero attached hydrogens (tertiary/aromatic N) is 3. The Balaban J connectivity index is 1.89. The molecule has 0 unspecified atom stereocenters. The average Bonchev–Trinajstić information content (AvgIpc) is 2.45. The third-order valence-electron chi connectivity index (χ3n) is 4.05. The van der Waals surface area contributed by atoms with Crippen LogP contribution in [0.25, 0.3) is 0 Å². The van der Waals surface area contributed by atoms with Crippen molar-refractivity contribution in [2.24, 2.45) is 5.92 Å². The van der Waals surface area contributed by atoms with Crippen LogP contribution in [-0.4, -0.2) is 40.9 Å². The van der Waals surface area contributed by atoms with Gasteiger partial charge in [0.15, 0.2) is 0 Å². The van der Waals surface area contributed by atoms with Gasteiger partial charge in [0.2, 0.25) is 0 Å². The molecule has 1 aromatic heterocycles. The van der Waals surface area contributed by atoms with Crippen LogP contribution in [0, 0.1) is 5.92 Å². The maximum atomic E-state index is 12.1. The summed E-state index contributed by atoms with van der Waals surface area (Å²) in [5.41, 5.74) is 0.698. The molecule has 1 aromatic rings. The Kier molecular flexibility index (Phi) is 5.81. The highest BCUT2D eigenvalue weighted by Crippen LogP contribution is 2.18. The van der Waals surface area contributed by atoms with Crippen molar-refractivity contribution in [1.82, 2.24) is 14.7 Å². The number of hydrogen-bond donors (Lipinski definition) is 1. The maximum absolute atomic E-state index is 12.1. The summed E-state index contributed by atoms with van der Waals surface area (Å²) in [6.07, 6.45) is 4.30. The van der Waals surface area contributed by atoms with E-state index in [0.29, 0.717) is 4.47 Å². The zero-order chi connectivity index (χ0) is 15.4. The van der Waals surface area contributed by atoms with Gasteiger partial charge in [-0.25, -0.2) is 4.68 Å². The summed E-state index contributed by atoms with van der Waals surface area (Å²) in [5, 5.41) is 7.53. The Hall–Kier alpha value is -0.880. The summed E-state index contributed by atoms with van der Waals surface area (Å²) in [7, 11) is 0. The molecule has 1 aliphatic heterocycles. The molecule has 1 aliphatic rings. The Morgan fingerprint density at radius 3 is 2.71 bits per heavy atom. The summed E-state index contributed by atoms with van der Waals surface area (Å²) in [4.78, 5) is 14.6. The standard InChI is InChI=1S/C15H25BrN4O/c1-11(2)20-15(21)14(16)13(10-18-20)17-6-9-19-7-4-12(3)5-8-19/h10-12,17H,4-9H2,1-3H3. The summed E-state index contributed by atoms with van der Waals surface area (Å²) in [6, 6.07) is 0.0678. The Morgan fingerprint density at radius 2 is 2.10 bits per heavy atom. The first-order valence-electron chi connectivity index (χ1n) is 7.72. The normalized spacial score (nSPS) is 17.4. The lowest BCUT2D eigenvalue weighted by atomic mass is 9.99. The lowest BCUT2D eigenvalue weighted by molar-refractivity contribution is 0.199. The van der Waals surface area contributed by atoms with Gasteiger partial charge in [-0.15, -0.1) is 0 Å². The molecule has 1 N–H and O–H groups in total. The molecule has 0 radical (unpaired) electrons. The maximum Gasteiger partial charge on any atom is 0.283 e. The number of likely N-dealkylation sites (tertiary alicyclic amines) is 1. The first kappa shape index (κ1) is 16.5. The van der Waals surface area contributed by atoms with E-state index in [1.54, 1.807) is 6.20 Å². The lowest BCUT2D eigenvalue weighted by Crippen LogP contribution is -2.36. The Labute approximate surface area is 134 Å². The third-order valence-corrected chi connectivity index (χ3v) is 4.82. The fourth-order valence-electron chi connectivity index (χ4n) is 2.57. The predicted octanol–water partition coefficient (Wildman–Crippen LogP) is 2.73. The highest BCUT2D eigenvalue weighted by Gasteiger charge is 2.15. The first-order valence-corrected chi connectivity index (χ1v) is 8.52. The fourth-order valence-corrected chi connectivity index (χ4v) is 2.99. The minimum Gasteiger partial charge on any atom is -0.381 e. The van der Waals surface area contributed by atoms with Crippen molar-refractivity contribution in [2.45, 2.75) is 39.7 Å². The van der Waals surface area contributed by atoms with E-state index in [1.165, 1.54) is 30.6 Å². The van der Waals surface area contributed by atoms with E-state index in [-0.39, 0.29) is 11.6 Å². The van der Waals surface area contributed by atoms with Crippen LogP contribution >= 0.6 is 15.9 Å². The van der Waals surface area contributed by atoms with Crippen LogP contribution in [0.5, 0.6) is 0 Å². The monoisotopic (exact) mass is 356 g/mol. The lowest BCUT2D eigenvalue weighted by Gasteiger charge is -2.30. The number of piperidine rings is 1. The molecule has 118 valence electrons. The van der Waals surface area contributed by atoms with Gasteiger partial charge in [0, 0.05) is 13.1 Å². The van der Waals surface area contributed by atoms with E-state index in [2.05, 4.69) is 38.2 Å². The van der Waals surface area contributed by atoms with Gasteiger partial charge in [-0.05, 0) is 61.6 Å². The van der Waals surface area contributed by atoms with Crippen molar-refractivity contribution in [3.05, 3.63) is 21.0 Å². The number of aromatic nitrogens is 2. The second-order valence-corrected chi connectivity index (χ2v) is 6.96. The summed E-state index contributed by atoms with van der Waals surface area (Å²) in [6.45, 7) is 10.4. The van der Waals surface area contributed by atoms with Crippen molar-refractivity contribution < 1.29 is 0 Å². The Morgan fingerprint density at radius 1 is 1.43 bits per heavy atom. The number of nitrogens with one attached hydrogen (secondary N) is 1. The third kappa shape index (κ3) is 4.30. The molecule has 0 aromatic carbocycles. The molecule has 0 amide bonds. The molecule has 2 rings (SSSR count). The van der Waals surface area contributed by atoms with Gasteiger partial charge < -0.3 is 10.2 Å². The van der Waals surface area contributed by atoms with E-state index >= 15 is 0 Å². The van der Waals surface area contributed by atoms with Crippen molar-refractivity contribution in [3.63, 3.8) is 0 Å². The predicted molar refractivity (Wildman–Crippen MR) is 89.9 cm³/mol. The van der Waals surface area contributed by atoms with Crippen LogP contribution in [0.3, 0.4) is 0 Å². The highest BCUT2D eigenvalue weighted by atomic mass is 79.9.